The first-order chi connectivity index (χ1) is 13.5. The number of benzene rings is 1. The summed E-state index contributed by atoms with van der Waals surface area (Å²) in [6.45, 7) is 1.68. The average Bonchev–Trinajstić information content (AvgIpc) is 3.03. The number of hydrogen-bond donors (Lipinski definition) is 2. The van der Waals surface area contributed by atoms with Crippen LogP contribution in [0.5, 0.6) is 5.75 Å². The molecule has 142 valence electrons. The predicted molar refractivity (Wildman–Crippen MR) is 100 cm³/mol. The van der Waals surface area contributed by atoms with Crippen LogP contribution in [0.25, 0.3) is 5.95 Å². The van der Waals surface area contributed by atoms with Crippen molar-refractivity contribution in [2.45, 2.75) is 19.3 Å². The lowest BCUT2D eigenvalue weighted by atomic mass is 9.86. The number of amides is 2. The Hall–Kier alpha value is -3.75. The molecule has 3 heterocycles. The summed E-state index contributed by atoms with van der Waals surface area (Å²) >= 11 is 0. The highest BCUT2D eigenvalue weighted by molar-refractivity contribution is 5.95. The number of ether oxygens (including phenoxy) is 1. The van der Waals surface area contributed by atoms with Crippen molar-refractivity contribution < 1.29 is 14.3 Å². The smallest absolute Gasteiger partial charge is 0.255 e. The Kier molecular flexibility index (Phi) is 4.48. The molecule has 4 rings (SSSR count). The molecule has 0 spiro atoms. The number of fused-ring (bicyclic) bond motifs is 1. The maximum Gasteiger partial charge on any atom is 0.255 e. The molecule has 0 saturated heterocycles. The molecule has 0 fully saturated rings. The van der Waals surface area contributed by atoms with Gasteiger partial charge >= 0.3 is 0 Å². The molecule has 3 aromatic rings. The van der Waals surface area contributed by atoms with Crippen molar-refractivity contribution >= 4 is 17.6 Å². The van der Waals surface area contributed by atoms with Crippen molar-refractivity contribution in [3.63, 3.8) is 0 Å². The van der Waals surface area contributed by atoms with Crippen LogP contribution in [0.15, 0.2) is 42.7 Å². The molecule has 1 atom stereocenters. The zero-order valence-electron chi connectivity index (χ0n) is 15.1. The number of aromatic nitrogens is 4. The average molecular weight is 378 g/mol. The minimum absolute atomic E-state index is 0.127. The van der Waals surface area contributed by atoms with E-state index in [1.165, 1.54) is 0 Å². The van der Waals surface area contributed by atoms with Gasteiger partial charge in [-0.3, -0.25) is 9.59 Å². The monoisotopic (exact) mass is 378 g/mol. The highest BCUT2D eigenvalue weighted by Crippen LogP contribution is 2.40. The number of carbonyl (C=O) groups excluding carboxylic acids is 2. The van der Waals surface area contributed by atoms with Crippen LogP contribution in [-0.2, 0) is 9.59 Å². The van der Waals surface area contributed by atoms with Gasteiger partial charge in [0.1, 0.15) is 11.6 Å². The number of rotatable bonds is 5. The van der Waals surface area contributed by atoms with Crippen LogP contribution in [-0.4, -0.2) is 38.2 Å². The summed E-state index contributed by atoms with van der Waals surface area (Å²) in [5.74, 6) is 0.570. The van der Waals surface area contributed by atoms with E-state index in [1.54, 1.807) is 29.2 Å². The van der Waals surface area contributed by atoms with Gasteiger partial charge in [0.05, 0.1) is 5.69 Å². The molecule has 2 amide bonds. The summed E-state index contributed by atoms with van der Waals surface area (Å²) in [4.78, 5) is 31.8. The van der Waals surface area contributed by atoms with Gasteiger partial charge in [-0.05, 0) is 30.7 Å². The quantitative estimate of drug-likeness (QED) is 0.689. The van der Waals surface area contributed by atoms with Crippen molar-refractivity contribution in [3.05, 3.63) is 59.5 Å². The number of aryl methyl sites for hydroxylation is 1. The molecular formula is C19H18N6O3. The first-order valence-corrected chi connectivity index (χ1v) is 8.70. The highest BCUT2D eigenvalue weighted by Gasteiger charge is 2.33. The largest absolute Gasteiger partial charge is 0.484 e. The molecule has 2 aromatic heterocycles. The Balaban J connectivity index is 1.76. The third kappa shape index (κ3) is 3.29. The molecule has 1 aliphatic heterocycles. The summed E-state index contributed by atoms with van der Waals surface area (Å²) in [6, 6.07) is 9.00. The van der Waals surface area contributed by atoms with Gasteiger partial charge in [-0.2, -0.15) is 9.78 Å². The maximum atomic E-state index is 12.4. The van der Waals surface area contributed by atoms with Gasteiger partial charge in [0.2, 0.25) is 5.91 Å². The van der Waals surface area contributed by atoms with Crippen LogP contribution in [0, 0.1) is 6.92 Å². The summed E-state index contributed by atoms with van der Waals surface area (Å²) in [6.07, 6.45) is 3.51. The normalized spacial score (nSPS) is 15.6. The fraction of sp³-hybridized carbons (Fsp3) is 0.211. The minimum atomic E-state index is -0.551. The maximum absolute atomic E-state index is 12.4. The number of nitrogens with two attached hydrogens (primary N) is 1. The van der Waals surface area contributed by atoms with E-state index in [0.29, 0.717) is 17.5 Å². The van der Waals surface area contributed by atoms with E-state index in [1.807, 2.05) is 25.1 Å². The zero-order chi connectivity index (χ0) is 19.7. The van der Waals surface area contributed by atoms with E-state index >= 15 is 0 Å². The number of primary amides is 1. The molecule has 28 heavy (non-hydrogen) atoms. The second kappa shape index (κ2) is 7.10. The lowest BCUT2D eigenvalue weighted by molar-refractivity contribution is -0.120. The summed E-state index contributed by atoms with van der Waals surface area (Å²) in [7, 11) is 0. The lowest BCUT2D eigenvalue weighted by Gasteiger charge is -2.24. The van der Waals surface area contributed by atoms with Crippen molar-refractivity contribution in [2.24, 2.45) is 5.73 Å². The van der Waals surface area contributed by atoms with Crippen LogP contribution in [0.2, 0.25) is 0 Å². The lowest BCUT2D eigenvalue weighted by Crippen LogP contribution is -2.25. The second-order valence-corrected chi connectivity index (χ2v) is 6.44. The first kappa shape index (κ1) is 17.7. The van der Waals surface area contributed by atoms with Gasteiger partial charge in [-0.25, -0.2) is 9.97 Å². The number of anilines is 1. The van der Waals surface area contributed by atoms with Crippen molar-refractivity contribution in [1.82, 2.24) is 19.7 Å². The van der Waals surface area contributed by atoms with Crippen LogP contribution >= 0.6 is 0 Å². The molecule has 0 aliphatic carbocycles. The molecule has 9 nitrogen and oxygen atoms in total. The van der Waals surface area contributed by atoms with Gasteiger partial charge in [0.15, 0.2) is 6.61 Å². The van der Waals surface area contributed by atoms with Crippen molar-refractivity contribution in [1.29, 1.82) is 0 Å². The van der Waals surface area contributed by atoms with E-state index < -0.39 is 5.91 Å². The molecule has 9 heteroatoms. The fourth-order valence-electron chi connectivity index (χ4n) is 3.35. The standard InChI is InChI=1S/C19H18N6O3/c1-11-17-14(12-4-2-5-13(8-12)28-10-15(20)26)9-16(27)23-18(17)25(24-11)19-21-6-3-7-22-19/h2-8,14H,9-10H2,1H3,(H2,20,26)(H,23,27). The third-order valence-corrected chi connectivity index (χ3v) is 4.49. The molecule has 0 radical (unpaired) electrons. The molecule has 1 unspecified atom stereocenters. The SMILES string of the molecule is Cc1nn(-c2ncccn2)c2c1C(c1cccc(OCC(N)=O)c1)CC(=O)N2. The number of nitrogens with one attached hydrogen (secondary N) is 1. The number of carbonyl (C=O) groups is 2. The summed E-state index contributed by atoms with van der Waals surface area (Å²) in [5, 5.41) is 7.43. The Morgan fingerprint density at radius 2 is 2.11 bits per heavy atom. The van der Waals surface area contributed by atoms with Crippen LogP contribution < -0.4 is 15.8 Å². The molecule has 1 aliphatic rings. The Labute approximate surface area is 160 Å². The van der Waals surface area contributed by atoms with E-state index in [2.05, 4.69) is 20.4 Å². The minimum Gasteiger partial charge on any atom is -0.484 e. The molecule has 0 saturated carbocycles. The topological polar surface area (TPSA) is 125 Å². The molecule has 3 N–H and O–H groups in total. The number of hydrogen-bond acceptors (Lipinski definition) is 6. The van der Waals surface area contributed by atoms with E-state index in [0.717, 1.165) is 16.8 Å². The third-order valence-electron chi connectivity index (χ3n) is 4.49. The van der Waals surface area contributed by atoms with E-state index in [9.17, 15) is 9.59 Å². The van der Waals surface area contributed by atoms with Crippen LogP contribution in [0.1, 0.15) is 29.2 Å². The fourth-order valence-corrected chi connectivity index (χ4v) is 3.35. The van der Waals surface area contributed by atoms with Gasteiger partial charge < -0.3 is 15.8 Å². The van der Waals surface area contributed by atoms with E-state index in [4.69, 9.17) is 10.5 Å². The first-order valence-electron chi connectivity index (χ1n) is 8.70. The Morgan fingerprint density at radius 1 is 1.32 bits per heavy atom. The van der Waals surface area contributed by atoms with Gasteiger partial charge in [0.25, 0.3) is 11.9 Å². The summed E-state index contributed by atoms with van der Waals surface area (Å²) < 4.78 is 6.95. The van der Waals surface area contributed by atoms with Crippen LogP contribution in [0.4, 0.5) is 5.82 Å². The predicted octanol–water partition coefficient (Wildman–Crippen LogP) is 1.31. The van der Waals surface area contributed by atoms with Gasteiger partial charge in [0, 0.05) is 30.3 Å². The van der Waals surface area contributed by atoms with Crippen molar-refractivity contribution in [2.75, 3.05) is 11.9 Å². The molecular weight excluding hydrogens is 360 g/mol. The summed E-state index contributed by atoms with van der Waals surface area (Å²) in [5.41, 5.74) is 7.70. The van der Waals surface area contributed by atoms with E-state index in [-0.39, 0.29) is 24.9 Å². The Morgan fingerprint density at radius 3 is 2.86 bits per heavy atom. The molecule has 0 bridgehead atoms. The van der Waals surface area contributed by atoms with Crippen LogP contribution in [0.3, 0.4) is 0 Å². The second-order valence-electron chi connectivity index (χ2n) is 6.44. The molecule has 1 aromatic carbocycles. The van der Waals surface area contributed by atoms with Gasteiger partial charge in [-0.1, -0.05) is 12.1 Å². The zero-order valence-corrected chi connectivity index (χ0v) is 15.1. The van der Waals surface area contributed by atoms with Gasteiger partial charge in [-0.15, -0.1) is 0 Å². The Bertz CT molecular complexity index is 1050. The number of nitrogens with zero attached hydrogens (tertiary/aromatic N) is 4. The van der Waals surface area contributed by atoms with Crippen molar-refractivity contribution in [3.8, 4) is 11.7 Å². The highest BCUT2D eigenvalue weighted by atomic mass is 16.5.